The lowest BCUT2D eigenvalue weighted by Crippen LogP contribution is -1.88. The van der Waals surface area contributed by atoms with Gasteiger partial charge in [-0.15, -0.1) is 0 Å². The summed E-state index contributed by atoms with van der Waals surface area (Å²) in [6.45, 7) is 4.02. The van der Waals surface area contributed by atoms with E-state index in [2.05, 4.69) is 15.0 Å². The predicted octanol–water partition coefficient (Wildman–Crippen LogP) is 2.36. The minimum atomic E-state index is 0.385. The molecule has 4 nitrogen and oxygen atoms in total. The number of hydrogen-bond acceptors (Lipinski definition) is 3. The highest BCUT2D eigenvalue weighted by Gasteiger charge is 2.05. The standard InChI is InChI=1S/C9H9ClN4/c1-6(2)3-14-5-13-7-8(10)11-4-12-9(7)14/h3-5H,1-2H3. The van der Waals surface area contributed by atoms with Crippen LogP contribution in [0.2, 0.25) is 5.15 Å². The number of allylic oxidation sites excluding steroid dienone is 1. The smallest absolute Gasteiger partial charge is 0.168 e. The molecule has 2 rings (SSSR count). The molecular weight excluding hydrogens is 200 g/mol. The van der Waals surface area contributed by atoms with Crippen LogP contribution < -0.4 is 0 Å². The van der Waals surface area contributed by atoms with E-state index in [-0.39, 0.29) is 0 Å². The zero-order chi connectivity index (χ0) is 10.1. The van der Waals surface area contributed by atoms with Crippen molar-refractivity contribution in [1.82, 2.24) is 19.5 Å². The van der Waals surface area contributed by atoms with E-state index in [0.717, 1.165) is 5.65 Å². The fraction of sp³-hybridized carbons (Fsp3) is 0.222. The molecule has 72 valence electrons. The van der Waals surface area contributed by atoms with Crippen LogP contribution in [0.25, 0.3) is 17.4 Å². The first kappa shape index (κ1) is 9.15. The van der Waals surface area contributed by atoms with E-state index >= 15 is 0 Å². The molecule has 2 heterocycles. The maximum Gasteiger partial charge on any atom is 0.168 e. The number of fused-ring (bicyclic) bond motifs is 1. The van der Waals surface area contributed by atoms with Crippen LogP contribution in [0.4, 0.5) is 0 Å². The van der Waals surface area contributed by atoms with Gasteiger partial charge in [0, 0.05) is 6.20 Å². The average molecular weight is 209 g/mol. The van der Waals surface area contributed by atoms with E-state index in [0.29, 0.717) is 10.7 Å². The van der Waals surface area contributed by atoms with Crippen LogP contribution in [0.5, 0.6) is 0 Å². The molecule has 0 fully saturated rings. The van der Waals surface area contributed by atoms with Crippen molar-refractivity contribution in [3.8, 4) is 0 Å². The Labute approximate surface area is 86.3 Å². The summed E-state index contributed by atoms with van der Waals surface area (Å²) >= 11 is 5.86. The third kappa shape index (κ3) is 1.48. The Bertz CT molecular complexity index is 496. The third-order valence-corrected chi connectivity index (χ3v) is 1.99. The maximum atomic E-state index is 5.86. The summed E-state index contributed by atoms with van der Waals surface area (Å²) in [4.78, 5) is 12.1. The van der Waals surface area contributed by atoms with Gasteiger partial charge in [-0.1, -0.05) is 17.2 Å². The lowest BCUT2D eigenvalue weighted by molar-refractivity contribution is 1.11. The fourth-order valence-electron chi connectivity index (χ4n) is 1.20. The van der Waals surface area contributed by atoms with Crippen molar-refractivity contribution in [3.63, 3.8) is 0 Å². The summed E-state index contributed by atoms with van der Waals surface area (Å²) in [5.74, 6) is 0. The second kappa shape index (κ2) is 3.38. The topological polar surface area (TPSA) is 43.6 Å². The van der Waals surface area contributed by atoms with Gasteiger partial charge in [-0.05, 0) is 13.8 Å². The Kier molecular flexibility index (Phi) is 2.21. The summed E-state index contributed by atoms with van der Waals surface area (Å²) in [6.07, 6.45) is 5.05. The highest BCUT2D eigenvalue weighted by Crippen LogP contribution is 2.17. The summed E-state index contributed by atoms with van der Waals surface area (Å²) < 4.78 is 1.83. The summed E-state index contributed by atoms with van der Waals surface area (Å²) in [7, 11) is 0. The molecule has 0 radical (unpaired) electrons. The highest BCUT2D eigenvalue weighted by atomic mass is 35.5. The molecule has 0 aromatic carbocycles. The number of nitrogens with zero attached hydrogens (tertiary/aromatic N) is 4. The van der Waals surface area contributed by atoms with Gasteiger partial charge in [0.15, 0.2) is 10.8 Å². The number of aromatic nitrogens is 4. The van der Waals surface area contributed by atoms with Crippen LogP contribution in [0, 0.1) is 0 Å². The van der Waals surface area contributed by atoms with Gasteiger partial charge in [-0.2, -0.15) is 0 Å². The largest absolute Gasteiger partial charge is 0.290 e. The number of imidazole rings is 1. The second-order valence-corrected chi connectivity index (χ2v) is 3.55. The van der Waals surface area contributed by atoms with Gasteiger partial charge < -0.3 is 0 Å². The van der Waals surface area contributed by atoms with Gasteiger partial charge in [0.25, 0.3) is 0 Å². The van der Waals surface area contributed by atoms with Crippen molar-refractivity contribution in [3.05, 3.63) is 23.4 Å². The Morgan fingerprint density at radius 3 is 2.86 bits per heavy atom. The molecule has 0 amide bonds. The first-order valence-electron chi connectivity index (χ1n) is 4.16. The fourth-order valence-corrected chi connectivity index (χ4v) is 1.37. The first-order valence-corrected chi connectivity index (χ1v) is 4.54. The van der Waals surface area contributed by atoms with Gasteiger partial charge in [0.05, 0.1) is 0 Å². The molecule has 0 saturated heterocycles. The number of hydrogen-bond donors (Lipinski definition) is 0. The minimum absolute atomic E-state index is 0.385. The molecule has 0 unspecified atom stereocenters. The molecule has 0 aliphatic rings. The van der Waals surface area contributed by atoms with Crippen molar-refractivity contribution in [2.75, 3.05) is 0 Å². The molecule has 5 heteroatoms. The SMILES string of the molecule is CC(C)=Cn1cnc2c(Cl)ncnc21. The van der Waals surface area contributed by atoms with E-state index in [1.807, 2.05) is 24.6 Å². The Morgan fingerprint density at radius 2 is 2.14 bits per heavy atom. The third-order valence-electron chi connectivity index (χ3n) is 1.71. The van der Waals surface area contributed by atoms with Crippen LogP contribution in [0.1, 0.15) is 13.8 Å². The summed E-state index contributed by atoms with van der Waals surface area (Å²) in [5, 5.41) is 0.385. The maximum absolute atomic E-state index is 5.86. The van der Waals surface area contributed by atoms with E-state index < -0.39 is 0 Å². The minimum Gasteiger partial charge on any atom is -0.290 e. The van der Waals surface area contributed by atoms with Crippen molar-refractivity contribution < 1.29 is 0 Å². The Morgan fingerprint density at radius 1 is 1.36 bits per heavy atom. The summed E-state index contributed by atoms with van der Waals surface area (Å²) in [5.41, 5.74) is 2.52. The van der Waals surface area contributed by atoms with Gasteiger partial charge in [-0.25, -0.2) is 15.0 Å². The number of halogens is 1. The molecule has 2 aromatic rings. The zero-order valence-electron chi connectivity index (χ0n) is 7.90. The Hall–Kier alpha value is -1.42. The predicted molar refractivity (Wildman–Crippen MR) is 56.0 cm³/mol. The Balaban J connectivity index is 2.70. The van der Waals surface area contributed by atoms with Crippen molar-refractivity contribution in [2.24, 2.45) is 0 Å². The molecule has 0 aliphatic heterocycles. The molecule has 0 saturated carbocycles. The van der Waals surface area contributed by atoms with E-state index in [1.54, 1.807) is 6.33 Å². The lowest BCUT2D eigenvalue weighted by Gasteiger charge is -1.96. The van der Waals surface area contributed by atoms with E-state index in [9.17, 15) is 0 Å². The van der Waals surface area contributed by atoms with Crippen LogP contribution in [-0.2, 0) is 0 Å². The molecule has 0 spiro atoms. The quantitative estimate of drug-likeness (QED) is 0.676. The number of rotatable bonds is 1. The van der Waals surface area contributed by atoms with E-state index in [1.165, 1.54) is 11.9 Å². The van der Waals surface area contributed by atoms with Gasteiger partial charge in [-0.3, -0.25) is 4.57 Å². The van der Waals surface area contributed by atoms with Crippen molar-refractivity contribution >= 4 is 29.0 Å². The molecule has 2 aromatic heterocycles. The van der Waals surface area contributed by atoms with Crippen LogP contribution >= 0.6 is 11.6 Å². The molecule has 0 atom stereocenters. The molecule has 0 bridgehead atoms. The van der Waals surface area contributed by atoms with Gasteiger partial charge in [0.2, 0.25) is 0 Å². The average Bonchev–Trinajstić information content (AvgIpc) is 2.49. The zero-order valence-corrected chi connectivity index (χ0v) is 8.65. The normalized spacial score (nSPS) is 10.5. The van der Waals surface area contributed by atoms with Gasteiger partial charge in [0.1, 0.15) is 18.2 Å². The van der Waals surface area contributed by atoms with Crippen molar-refractivity contribution in [2.45, 2.75) is 13.8 Å². The van der Waals surface area contributed by atoms with Crippen LogP contribution in [-0.4, -0.2) is 19.5 Å². The van der Waals surface area contributed by atoms with Crippen LogP contribution in [0.15, 0.2) is 18.2 Å². The molecule has 0 N–H and O–H groups in total. The van der Waals surface area contributed by atoms with E-state index in [4.69, 9.17) is 11.6 Å². The summed E-state index contributed by atoms with van der Waals surface area (Å²) in [6, 6.07) is 0. The van der Waals surface area contributed by atoms with Crippen molar-refractivity contribution in [1.29, 1.82) is 0 Å². The second-order valence-electron chi connectivity index (χ2n) is 3.19. The van der Waals surface area contributed by atoms with Gasteiger partial charge >= 0.3 is 0 Å². The molecule has 14 heavy (non-hydrogen) atoms. The molecular formula is C9H9ClN4. The highest BCUT2D eigenvalue weighted by molar-refractivity contribution is 6.33. The lowest BCUT2D eigenvalue weighted by atomic mass is 10.4. The molecule has 0 aliphatic carbocycles. The van der Waals surface area contributed by atoms with Crippen LogP contribution in [0.3, 0.4) is 0 Å². The first-order chi connectivity index (χ1) is 6.68. The monoisotopic (exact) mass is 208 g/mol.